The molecule has 0 radical (unpaired) electrons. The molecule has 0 aromatic heterocycles. The number of halogens is 1. The lowest BCUT2D eigenvalue weighted by atomic mass is 10.1. The lowest BCUT2D eigenvalue weighted by Crippen LogP contribution is -2.41. The molecule has 1 aromatic carbocycles. The van der Waals surface area contributed by atoms with Gasteiger partial charge < -0.3 is 10.6 Å². The predicted octanol–water partition coefficient (Wildman–Crippen LogP) is 1.56. The number of benzene rings is 1. The number of hydrogen-bond acceptors (Lipinski definition) is 3. The molecule has 0 atom stereocenters. The maximum absolute atomic E-state index is 11.9. The van der Waals surface area contributed by atoms with E-state index in [0.717, 1.165) is 8.47 Å². The van der Waals surface area contributed by atoms with Crippen molar-refractivity contribution in [2.75, 3.05) is 11.9 Å². The molecule has 0 unspecified atom stereocenters. The minimum Gasteiger partial charge on any atom is -0.324 e. The summed E-state index contributed by atoms with van der Waals surface area (Å²) in [5, 5.41) is 5.19. The second-order valence-electron chi connectivity index (χ2n) is 5.00. The summed E-state index contributed by atoms with van der Waals surface area (Å²) >= 11 is 2.13. The molecule has 0 spiro atoms. The van der Waals surface area contributed by atoms with E-state index < -0.39 is 23.4 Å². The zero-order valence-corrected chi connectivity index (χ0v) is 13.2. The number of nitrogens with one attached hydrogen (secondary N) is 2. The van der Waals surface area contributed by atoms with Gasteiger partial charge in [0, 0.05) is 9.26 Å². The van der Waals surface area contributed by atoms with Gasteiger partial charge in [0.05, 0.1) is 0 Å². The van der Waals surface area contributed by atoms with Crippen LogP contribution in [0.25, 0.3) is 0 Å². The standard InChI is InChI=1S/C13H14IN3O3/c1-13(2)11(19)17(12(20)16-13)7-10(18)15-9-5-3-4-8(14)6-9/h3-6H,7H2,1-2H3,(H,15,18)(H,16,20). The van der Waals surface area contributed by atoms with Crippen LogP contribution >= 0.6 is 22.6 Å². The number of rotatable bonds is 3. The van der Waals surface area contributed by atoms with Crippen LogP contribution in [0, 0.1) is 3.57 Å². The van der Waals surface area contributed by atoms with Crippen LogP contribution in [0.3, 0.4) is 0 Å². The summed E-state index contributed by atoms with van der Waals surface area (Å²) in [5.74, 6) is -0.812. The van der Waals surface area contributed by atoms with Crippen molar-refractivity contribution in [3.63, 3.8) is 0 Å². The highest BCUT2D eigenvalue weighted by Crippen LogP contribution is 2.17. The highest BCUT2D eigenvalue weighted by atomic mass is 127. The normalized spacial score (nSPS) is 17.1. The Hall–Kier alpha value is -1.64. The van der Waals surface area contributed by atoms with E-state index >= 15 is 0 Å². The van der Waals surface area contributed by atoms with Gasteiger partial charge in [-0.3, -0.25) is 14.5 Å². The topological polar surface area (TPSA) is 78.5 Å². The Labute approximate surface area is 130 Å². The van der Waals surface area contributed by atoms with Gasteiger partial charge in [-0.1, -0.05) is 6.07 Å². The van der Waals surface area contributed by atoms with E-state index in [9.17, 15) is 14.4 Å². The van der Waals surface area contributed by atoms with Gasteiger partial charge in [0.1, 0.15) is 12.1 Å². The fraction of sp³-hybridized carbons (Fsp3) is 0.308. The van der Waals surface area contributed by atoms with Crippen LogP contribution in [0.1, 0.15) is 13.8 Å². The summed E-state index contributed by atoms with van der Waals surface area (Å²) in [6.45, 7) is 2.91. The first-order valence-corrected chi connectivity index (χ1v) is 7.07. The Morgan fingerprint density at radius 1 is 1.40 bits per heavy atom. The fourth-order valence-corrected chi connectivity index (χ4v) is 2.41. The molecule has 1 fully saturated rings. The molecule has 1 heterocycles. The van der Waals surface area contributed by atoms with E-state index in [0.29, 0.717) is 5.69 Å². The van der Waals surface area contributed by atoms with Crippen molar-refractivity contribution in [1.82, 2.24) is 10.2 Å². The molecule has 0 saturated carbocycles. The van der Waals surface area contributed by atoms with Crippen molar-refractivity contribution in [2.45, 2.75) is 19.4 Å². The average molecular weight is 387 g/mol. The summed E-state index contributed by atoms with van der Waals surface area (Å²) in [4.78, 5) is 36.4. The van der Waals surface area contributed by atoms with Crippen molar-refractivity contribution in [3.05, 3.63) is 27.8 Å². The number of carbonyl (C=O) groups excluding carboxylic acids is 3. The summed E-state index contributed by atoms with van der Waals surface area (Å²) in [6, 6.07) is 6.71. The lowest BCUT2D eigenvalue weighted by molar-refractivity contribution is -0.132. The van der Waals surface area contributed by atoms with Crippen molar-refractivity contribution >= 4 is 46.1 Å². The minimum atomic E-state index is -0.959. The summed E-state index contributed by atoms with van der Waals surface area (Å²) in [6.07, 6.45) is 0. The Morgan fingerprint density at radius 3 is 2.65 bits per heavy atom. The van der Waals surface area contributed by atoms with Gasteiger partial charge in [0.25, 0.3) is 5.91 Å². The molecule has 6 nitrogen and oxygen atoms in total. The summed E-state index contributed by atoms with van der Waals surface area (Å²) in [5.41, 5.74) is -0.326. The van der Waals surface area contributed by atoms with E-state index in [1.165, 1.54) is 0 Å². The Kier molecular flexibility index (Phi) is 3.98. The van der Waals surface area contributed by atoms with Gasteiger partial charge in [-0.05, 0) is 54.6 Å². The zero-order chi connectivity index (χ0) is 14.9. The van der Waals surface area contributed by atoms with Crippen molar-refractivity contribution in [2.24, 2.45) is 0 Å². The molecule has 2 N–H and O–H groups in total. The highest BCUT2D eigenvalue weighted by Gasteiger charge is 2.44. The third kappa shape index (κ3) is 3.09. The van der Waals surface area contributed by atoms with E-state index in [4.69, 9.17) is 0 Å². The number of hydrogen-bond donors (Lipinski definition) is 2. The number of nitrogens with zero attached hydrogens (tertiary/aromatic N) is 1. The number of amides is 4. The predicted molar refractivity (Wildman–Crippen MR) is 82.1 cm³/mol. The molecule has 1 saturated heterocycles. The molecule has 20 heavy (non-hydrogen) atoms. The Bertz CT molecular complexity index is 586. The van der Waals surface area contributed by atoms with Crippen molar-refractivity contribution in [1.29, 1.82) is 0 Å². The molecule has 2 rings (SSSR count). The molecular weight excluding hydrogens is 373 g/mol. The summed E-state index contributed by atoms with van der Waals surface area (Å²) < 4.78 is 0.983. The lowest BCUT2D eigenvalue weighted by Gasteiger charge is -2.15. The molecule has 1 aliphatic heterocycles. The van der Waals surface area contributed by atoms with Crippen LogP contribution in [0.2, 0.25) is 0 Å². The number of carbonyl (C=O) groups is 3. The van der Waals surface area contributed by atoms with Gasteiger partial charge in [0.15, 0.2) is 0 Å². The molecule has 0 bridgehead atoms. The van der Waals surface area contributed by atoms with Gasteiger partial charge in [-0.2, -0.15) is 0 Å². The smallest absolute Gasteiger partial charge is 0.324 e. The summed E-state index contributed by atoms with van der Waals surface area (Å²) in [7, 11) is 0. The second kappa shape index (κ2) is 5.39. The molecule has 1 aliphatic rings. The number of imide groups is 1. The van der Waals surface area contributed by atoms with Crippen LogP contribution in [-0.4, -0.2) is 34.8 Å². The first-order valence-electron chi connectivity index (χ1n) is 5.99. The van der Waals surface area contributed by atoms with E-state index in [2.05, 4.69) is 33.2 Å². The minimum absolute atomic E-state index is 0.292. The largest absolute Gasteiger partial charge is 0.325 e. The monoisotopic (exact) mass is 387 g/mol. The molecule has 7 heteroatoms. The first kappa shape index (κ1) is 14.8. The van der Waals surface area contributed by atoms with E-state index in [1.807, 2.05) is 12.1 Å². The molecule has 1 aromatic rings. The maximum atomic E-state index is 11.9. The van der Waals surface area contributed by atoms with Crippen LogP contribution < -0.4 is 10.6 Å². The SMILES string of the molecule is CC1(C)NC(=O)N(CC(=O)Nc2cccc(I)c2)C1=O. The fourth-order valence-electron chi connectivity index (χ4n) is 1.87. The molecule has 106 valence electrons. The Balaban J connectivity index is 2.02. The van der Waals surface area contributed by atoms with Crippen molar-refractivity contribution in [3.8, 4) is 0 Å². The quantitative estimate of drug-likeness (QED) is 0.611. The average Bonchev–Trinajstić information content (AvgIpc) is 2.51. The van der Waals surface area contributed by atoms with E-state index in [-0.39, 0.29) is 6.54 Å². The van der Waals surface area contributed by atoms with Gasteiger partial charge >= 0.3 is 6.03 Å². The van der Waals surface area contributed by atoms with Gasteiger partial charge in [-0.25, -0.2) is 4.79 Å². The number of anilines is 1. The zero-order valence-electron chi connectivity index (χ0n) is 11.1. The van der Waals surface area contributed by atoms with Crippen LogP contribution in [0.5, 0.6) is 0 Å². The van der Waals surface area contributed by atoms with E-state index in [1.54, 1.807) is 26.0 Å². The second-order valence-corrected chi connectivity index (χ2v) is 6.25. The van der Waals surface area contributed by atoms with Gasteiger partial charge in [-0.15, -0.1) is 0 Å². The maximum Gasteiger partial charge on any atom is 0.325 e. The van der Waals surface area contributed by atoms with Crippen LogP contribution in [0.15, 0.2) is 24.3 Å². The third-order valence-corrected chi connectivity index (χ3v) is 3.53. The van der Waals surface area contributed by atoms with Crippen LogP contribution in [-0.2, 0) is 9.59 Å². The van der Waals surface area contributed by atoms with Crippen LogP contribution in [0.4, 0.5) is 10.5 Å². The molecule has 4 amide bonds. The third-order valence-electron chi connectivity index (χ3n) is 2.85. The van der Waals surface area contributed by atoms with Crippen molar-refractivity contribution < 1.29 is 14.4 Å². The first-order chi connectivity index (χ1) is 9.29. The Morgan fingerprint density at radius 2 is 2.10 bits per heavy atom. The number of urea groups is 1. The molecule has 0 aliphatic carbocycles. The molecular formula is C13H14IN3O3. The highest BCUT2D eigenvalue weighted by molar-refractivity contribution is 14.1. The van der Waals surface area contributed by atoms with Gasteiger partial charge in [0.2, 0.25) is 5.91 Å².